The predicted molar refractivity (Wildman–Crippen MR) is 92.9 cm³/mol. The molecule has 0 saturated carbocycles. The second-order valence-electron chi connectivity index (χ2n) is 5.05. The number of rotatable bonds is 8. The fourth-order valence-corrected chi connectivity index (χ4v) is 2.05. The lowest BCUT2D eigenvalue weighted by Gasteiger charge is -2.06. The molecule has 0 aliphatic carbocycles. The molecule has 1 aromatic rings. The van der Waals surface area contributed by atoms with Gasteiger partial charge in [0.1, 0.15) is 11.3 Å². The van der Waals surface area contributed by atoms with Crippen molar-refractivity contribution in [3.8, 4) is 0 Å². The molecule has 0 fully saturated rings. The van der Waals surface area contributed by atoms with Crippen LogP contribution in [-0.2, 0) is 19.1 Å². The molecule has 0 bridgehead atoms. The third-order valence-corrected chi connectivity index (χ3v) is 3.05. The fraction of sp³-hybridized carbons (Fsp3) is 0.333. The van der Waals surface area contributed by atoms with Crippen molar-refractivity contribution < 1.29 is 33.1 Å². The summed E-state index contributed by atoms with van der Waals surface area (Å²) >= 11 is 0. The number of anilines is 1. The number of carbonyl (C=O) groups is 4. The number of amides is 1. The van der Waals surface area contributed by atoms with Gasteiger partial charge in [0.25, 0.3) is 5.91 Å². The van der Waals surface area contributed by atoms with Gasteiger partial charge in [0.2, 0.25) is 5.88 Å². The smallest absolute Gasteiger partial charge is 0.344 e. The van der Waals surface area contributed by atoms with Gasteiger partial charge in [-0.15, -0.1) is 0 Å². The van der Waals surface area contributed by atoms with Crippen LogP contribution in [0.25, 0.3) is 0 Å². The van der Waals surface area contributed by atoms with Gasteiger partial charge in [-0.05, 0) is 27.7 Å². The van der Waals surface area contributed by atoms with Crippen molar-refractivity contribution in [2.75, 3.05) is 18.5 Å². The Morgan fingerprint density at radius 1 is 1.12 bits per heavy atom. The highest BCUT2D eigenvalue weighted by Crippen LogP contribution is 2.28. The molecule has 0 aromatic carbocycles. The summed E-state index contributed by atoms with van der Waals surface area (Å²) in [6, 6.07) is 0. The van der Waals surface area contributed by atoms with Crippen molar-refractivity contribution >= 4 is 29.5 Å². The van der Waals surface area contributed by atoms with Crippen LogP contribution in [-0.4, -0.2) is 36.8 Å². The van der Waals surface area contributed by atoms with Gasteiger partial charge in [0.15, 0.2) is 12.4 Å². The average Bonchev–Trinajstić information content (AvgIpc) is 2.89. The maximum absolute atomic E-state index is 12.1. The Hall–Kier alpha value is -3.16. The molecule has 8 heteroatoms. The van der Waals surface area contributed by atoms with E-state index >= 15 is 0 Å². The number of hydrogen-bond acceptors (Lipinski definition) is 7. The number of Topliss-reactive ketones (excluding diaryl/α,β-unsaturated/α-hetero) is 1. The van der Waals surface area contributed by atoms with Crippen molar-refractivity contribution in [3.63, 3.8) is 0 Å². The van der Waals surface area contributed by atoms with Crippen LogP contribution in [0.3, 0.4) is 0 Å². The van der Waals surface area contributed by atoms with Crippen molar-refractivity contribution in [1.82, 2.24) is 0 Å². The molecule has 0 aliphatic heterocycles. The fourth-order valence-electron chi connectivity index (χ4n) is 2.05. The second kappa shape index (κ2) is 9.97. The maximum Gasteiger partial charge on any atom is 0.344 e. The summed E-state index contributed by atoms with van der Waals surface area (Å²) in [7, 11) is 0. The molecule has 1 N–H and O–H groups in total. The summed E-state index contributed by atoms with van der Waals surface area (Å²) in [5.74, 6) is -2.69. The van der Waals surface area contributed by atoms with Crippen molar-refractivity contribution in [1.29, 1.82) is 0 Å². The van der Waals surface area contributed by atoms with Crippen LogP contribution in [0.2, 0.25) is 0 Å². The van der Waals surface area contributed by atoms with Gasteiger partial charge in [-0.1, -0.05) is 18.2 Å². The Morgan fingerprint density at radius 2 is 1.81 bits per heavy atom. The minimum atomic E-state index is -0.795. The molecule has 0 aliphatic rings. The predicted octanol–water partition coefficient (Wildman–Crippen LogP) is 2.58. The zero-order valence-electron chi connectivity index (χ0n) is 15.1. The molecule has 0 saturated heterocycles. The summed E-state index contributed by atoms with van der Waals surface area (Å²) in [6.07, 6.45) is 5.97. The molecular formula is C18H21NO7. The van der Waals surface area contributed by atoms with Crippen LogP contribution in [0.5, 0.6) is 0 Å². The molecule has 1 heterocycles. The van der Waals surface area contributed by atoms with E-state index in [1.54, 1.807) is 26.0 Å². The molecule has 0 atom stereocenters. The highest BCUT2D eigenvalue weighted by Gasteiger charge is 2.28. The summed E-state index contributed by atoms with van der Waals surface area (Å²) in [5.41, 5.74) is -0.130. The van der Waals surface area contributed by atoms with Gasteiger partial charge in [-0.3, -0.25) is 14.9 Å². The van der Waals surface area contributed by atoms with Gasteiger partial charge in [0, 0.05) is 6.08 Å². The number of furan rings is 1. The third-order valence-electron chi connectivity index (χ3n) is 3.05. The standard InChI is InChI=1S/C18H21NO7/c1-5-7-8-9-14(22)25-10-13(21)19-17-16(18(23)24-6-2)15(11(3)20)12(4)26-17/h5,7-9H,6,10H2,1-4H3,(H,19,21)/b7-5+,9-8+. The normalized spacial score (nSPS) is 10.9. The number of nitrogens with one attached hydrogen (secondary N) is 1. The Balaban J connectivity index is 2.90. The minimum absolute atomic E-state index is 0.0324. The maximum atomic E-state index is 12.1. The Labute approximate surface area is 150 Å². The molecule has 1 amide bonds. The van der Waals surface area contributed by atoms with Gasteiger partial charge < -0.3 is 13.9 Å². The molecule has 0 radical (unpaired) electrons. The summed E-state index contributed by atoms with van der Waals surface area (Å²) in [4.78, 5) is 47.2. The summed E-state index contributed by atoms with van der Waals surface area (Å²) in [6.45, 7) is 5.65. The lowest BCUT2D eigenvalue weighted by molar-refractivity contribution is -0.142. The zero-order chi connectivity index (χ0) is 19.7. The van der Waals surface area contributed by atoms with E-state index in [1.165, 1.54) is 19.9 Å². The van der Waals surface area contributed by atoms with E-state index in [9.17, 15) is 19.2 Å². The lowest BCUT2D eigenvalue weighted by atomic mass is 10.1. The number of ether oxygens (including phenoxy) is 2. The zero-order valence-corrected chi connectivity index (χ0v) is 15.1. The van der Waals surface area contributed by atoms with E-state index in [2.05, 4.69) is 5.32 Å². The quantitative estimate of drug-likeness (QED) is 0.327. The Morgan fingerprint density at radius 3 is 2.38 bits per heavy atom. The number of aryl methyl sites for hydroxylation is 1. The van der Waals surface area contributed by atoms with E-state index in [1.807, 2.05) is 0 Å². The van der Waals surface area contributed by atoms with Crippen molar-refractivity contribution in [2.24, 2.45) is 0 Å². The molecule has 1 aromatic heterocycles. The average molecular weight is 363 g/mol. The number of esters is 2. The Kier molecular flexibility index (Phi) is 8.01. The molecule has 26 heavy (non-hydrogen) atoms. The summed E-state index contributed by atoms with van der Waals surface area (Å²) in [5, 5.41) is 2.31. The number of carbonyl (C=O) groups excluding carboxylic acids is 4. The van der Waals surface area contributed by atoms with Crippen LogP contribution >= 0.6 is 0 Å². The highest BCUT2D eigenvalue weighted by molar-refractivity contribution is 6.10. The molecule has 140 valence electrons. The molecule has 0 spiro atoms. The molecule has 0 unspecified atom stereocenters. The van der Waals surface area contributed by atoms with E-state index in [4.69, 9.17) is 13.9 Å². The number of hydrogen-bond donors (Lipinski definition) is 1. The SMILES string of the molecule is C/C=C/C=C/C(=O)OCC(=O)Nc1oc(C)c(C(C)=O)c1C(=O)OCC. The first kappa shape index (κ1) is 20.9. The van der Waals surface area contributed by atoms with Gasteiger partial charge >= 0.3 is 11.9 Å². The van der Waals surface area contributed by atoms with Crippen LogP contribution in [0.15, 0.2) is 28.7 Å². The van der Waals surface area contributed by atoms with E-state index in [-0.39, 0.29) is 29.4 Å². The first-order valence-electron chi connectivity index (χ1n) is 7.89. The van der Waals surface area contributed by atoms with Crippen LogP contribution < -0.4 is 5.32 Å². The summed E-state index contributed by atoms with van der Waals surface area (Å²) < 4.78 is 15.0. The van der Waals surface area contributed by atoms with Crippen molar-refractivity contribution in [3.05, 3.63) is 41.2 Å². The largest absolute Gasteiger partial charge is 0.462 e. The minimum Gasteiger partial charge on any atom is -0.462 e. The van der Waals surface area contributed by atoms with Crippen molar-refractivity contribution in [2.45, 2.75) is 27.7 Å². The van der Waals surface area contributed by atoms with Gasteiger partial charge in [-0.25, -0.2) is 9.59 Å². The van der Waals surface area contributed by atoms with Crippen LogP contribution in [0.4, 0.5) is 5.88 Å². The van der Waals surface area contributed by atoms with Crippen LogP contribution in [0.1, 0.15) is 47.2 Å². The third kappa shape index (κ3) is 5.73. The number of ketones is 1. The van der Waals surface area contributed by atoms with E-state index < -0.39 is 30.2 Å². The van der Waals surface area contributed by atoms with Gasteiger partial charge in [-0.2, -0.15) is 0 Å². The second-order valence-corrected chi connectivity index (χ2v) is 5.05. The lowest BCUT2D eigenvalue weighted by Crippen LogP contribution is -2.21. The van der Waals surface area contributed by atoms with Gasteiger partial charge in [0.05, 0.1) is 12.2 Å². The van der Waals surface area contributed by atoms with Crippen LogP contribution in [0, 0.1) is 6.92 Å². The Bertz CT molecular complexity index is 756. The van der Waals surface area contributed by atoms with E-state index in [0.717, 1.165) is 6.08 Å². The first-order valence-corrected chi connectivity index (χ1v) is 7.89. The topological polar surface area (TPSA) is 112 Å². The molecule has 8 nitrogen and oxygen atoms in total. The molecule has 1 rings (SSSR count). The first-order chi connectivity index (χ1) is 12.3. The molecular weight excluding hydrogens is 342 g/mol. The number of allylic oxidation sites excluding steroid dienone is 3. The highest BCUT2D eigenvalue weighted by atomic mass is 16.5. The van der Waals surface area contributed by atoms with E-state index in [0.29, 0.717) is 0 Å². The monoisotopic (exact) mass is 363 g/mol.